The Morgan fingerprint density at radius 2 is 2.18 bits per heavy atom. The van der Waals surface area contributed by atoms with Crippen molar-refractivity contribution in [1.29, 1.82) is 0 Å². The van der Waals surface area contributed by atoms with Gasteiger partial charge in [0.1, 0.15) is 0 Å². The number of hydrogen-bond donors (Lipinski definition) is 1. The van der Waals surface area contributed by atoms with Crippen LogP contribution in [0.3, 0.4) is 0 Å². The maximum Gasteiger partial charge on any atom is 0.236 e. The van der Waals surface area contributed by atoms with Gasteiger partial charge in [0.15, 0.2) is 0 Å². The number of likely N-dealkylation sites (tertiary alicyclic amines) is 1. The van der Waals surface area contributed by atoms with Gasteiger partial charge in [-0.25, -0.2) is 0 Å². The molecule has 2 atom stereocenters. The van der Waals surface area contributed by atoms with E-state index in [1.54, 1.807) is 0 Å². The second-order valence-corrected chi connectivity index (χ2v) is 5.49. The van der Waals surface area contributed by atoms with Gasteiger partial charge in [0.25, 0.3) is 0 Å². The summed E-state index contributed by atoms with van der Waals surface area (Å²) in [7, 11) is 3.91. The minimum absolute atomic E-state index is 0.232. The second kappa shape index (κ2) is 6.36. The third-order valence-corrected chi connectivity index (χ3v) is 3.89. The highest BCUT2D eigenvalue weighted by atomic mass is 16.2. The van der Waals surface area contributed by atoms with Crippen molar-refractivity contribution in [2.24, 2.45) is 5.92 Å². The van der Waals surface area contributed by atoms with Gasteiger partial charge in [-0.2, -0.15) is 0 Å². The van der Waals surface area contributed by atoms with E-state index in [2.05, 4.69) is 17.1 Å². The van der Waals surface area contributed by atoms with Crippen molar-refractivity contribution in [3.05, 3.63) is 0 Å². The maximum atomic E-state index is 12.0. The van der Waals surface area contributed by atoms with E-state index < -0.39 is 0 Å². The van der Waals surface area contributed by atoms with E-state index in [1.807, 2.05) is 32.8 Å². The highest BCUT2D eigenvalue weighted by molar-refractivity contribution is 5.78. The van der Waals surface area contributed by atoms with Crippen LogP contribution in [0.5, 0.6) is 0 Å². The first-order chi connectivity index (χ1) is 7.95. The molecule has 1 aliphatic rings. The molecule has 2 unspecified atom stereocenters. The fraction of sp³-hybridized carbons (Fsp3) is 0.923. The van der Waals surface area contributed by atoms with Crippen molar-refractivity contribution in [2.75, 3.05) is 33.7 Å². The number of carbonyl (C=O) groups is 1. The summed E-state index contributed by atoms with van der Waals surface area (Å²) in [4.78, 5) is 16.1. The number of amides is 1. The lowest BCUT2D eigenvalue weighted by atomic mass is 9.94. The molecule has 1 aliphatic heterocycles. The minimum atomic E-state index is 0.232. The normalized spacial score (nSPS) is 26.2. The summed E-state index contributed by atoms with van der Waals surface area (Å²) >= 11 is 0. The Balaban J connectivity index is 2.41. The molecule has 0 aromatic carbocycles. The molecule has 0 bridgehead atoms. The average molecular weight is 241 g/mol. The molecule has 17 heavy (non-hydrogen) atoms. The number of rotatable bonds is 4. The third-order valence-electron chi connectivity index (χ3n) is 3.89. The van der Waals surface area contributed by atoms with Gasteiger partial charge in [-0.15, -0.1) is 0 Å². The number of nitrogens with zero attached hydrogens (tertiary/aromatic N) is 2. The van der Waals surface area contributed by atoms with Crippen LogP contribution >= 0.6 is 0 Å². The molecule has 1 fully saturated rings. The van der Waals surface area contributed by atoms with E-state index in [4.69, 9.17) is 0 Å². The molecule has 1 N–H and O–H groups in total. The molecule has 0 saturated carbocycles. The molecule has 0 spiro atoms. The first-order valence-electron chi connectivity index (χ1n) is 6.61. The van der Waals surface area contributed by atoms with Gasteiger partial charge in [0.2, 0.25) is 5.91 Å². The largest absolute Gasteiger partial charge is 0.342 e. The molecule has 1 amide bonds. The van der Waals surface area contributed by atoms with Crippen molar-refractivity contribution < 1.29 is 4.79 Å². The lowest BCUT2D eigenvalue weighted by Gasteiger charge is -2.37. The summed E-state index contributed by atoms with van der Waals surface area (Å²) in [5.41, 5.74) is 0. The Kier molecular flexibility index (Phi) is 5.40. The quantitative estimate of drug-likeness (QED) is 0.790. The first kappa shape index (κ1) is 14.5. The van der Waals surface area contributed by atoms with Crippen LogP contribution in [0.4, 0.5) is 0 Å². The van der Waals surface area contributed by atoms with Crippen LogP contribution in [0, 0.1) is 5.92 Å². The summed E-state index contributed by atoms with van der Waals surface area (Å²) in [5.74, 6) is 0.848. The highest BCUT2D eigenvalue weighted by Crippen LogP contribution is 2.16. The van der Waals surface area contributed by atoms with Crippen molar-refractivity contribution in [2.45, 2.75) is 39.3 Å². The van der Waals surface area contributed by atoms with E-state index in [1.165, 1.54) is 0 Å². The highest BCUT2D eigenvalue weighted by Gasteiger charge is 2.26. The minimum Gasteiger partial charge on any atom is -0.342 e. The maximum absolute atomic E-state index is 12.0. The smallest absolute Gasteiger partial charge is 0.236 e. The van der Waals surface area contributed by atoms with Gasteiger partial charge >= 0.3 is 0 Å². The zero-order chi connectivity index (χ0) is 13.0. The van der Waals surface area contributed by atoms with E-state index >= 15 is 0 Å². The van der Waals surface area contributed by atoms with E-state index in [-0.39, 0.29) is 11.9 Å². The van der Waals surface area contributed by atoms with Crippen molar-refractivity contribution >= 4 is 5.91 Å². The standard InChI is InChI=1S/C13H27N3O/c1-10(2)15(5)13(17)9-16-7-6-12(14-4)11(3)8-16/h10-12,14H,6-9H2,1-5H3. The second-order valence-electron chi connectivity index (χ2n) is 5.49. The molecule has 0 radical (unpaired) electrons. The van der Waals surface area contributed by atoms with Gasteiger partial charge in [0.05, 0.1) is 6.54 Å². The number of hydrogen-bond acceptors (Lipinski definition) is 3. The number of nitrogens with one attached hydrogen (secondary N) is 1. The van der Waals surface area contributed by atoms with Crippen LogP contribution in [0.25, 0.3) is 0 Å². The zero-order valence-electron chi connectivity index (χ0n) is 11.9. The lowest BCUT2D eigenvalue weighted by Crippen LogP contribution is -2.50. The lowest BCUT2D eigenvalue weighted by molar-refractivity contribution is -0.133. The van der Waals surface area contributed by atoms with Crippen LogP contribution in [0.1, 0.15) is 27.2 Å². The molecule has 4 nitrogen and oxygen atoms in total. The zero-order valence-corrected chi connectivity index (χ0v) is 11.9. The molecule has 0 aliphatic carbocycles. The summed E-state index contributed by atoms with van der Waals surface area (Å²) in [5, 5.41) is 3.35. The topological polar surface area (TPSA) is 35.6 Å². The molecule has 0 aromatic rings. The number of carbonyl (C=O) groups excluding carboxylic acids is 1. The first-order valence-corrected chi connectivity index (χ1v) is 6.61. The predicted molar refractivity (Wildman–Crippen MR) is 71.0 cm³/mol. The fourth-order valence-corrected chi connectivity index (χ4v) is 2.40. The summed E-state index contributed by atoms with van der Waals surface area (Å²) in [6.07, 6.45) is 1.14. The van der Waals surface area contributed by atoms with Gasteiger partial charge < -0.3 is 10.2 Å². The van der Waals surface area contributed by atoms with Gasteiger partial charge in [0, 0.05) is 32.2 Å². The predicted octanol–water partition coefficient (Wildman–Crippen LogP) is 0.783. The molecule has 1 rings (SSSR count). The molecular weight excluding hydrogens is 214 g/mol. The Labute approximate surface area is 105 Å². The summed E-state index contributed by atoms with van der Waals surface area (Å²) < 4.78 is 0. The van der Waals surface area contributed by atoms with Crippen molar-refractivity contribution in [3.8, 4) is 0 Å². The van der Waals surface area contributed by atoms with Crippen LogP contribution in [-0.4, -0.2) is 61.5 Å². The Hall–Kier alpha value is -0.610. The van der Waals surface area contributed by atoms with E-state index in [0.717, 1.165) is 19.5 Å². The molecule has 0 aromatic heterocycles. The molecule has 1 saturated heterocycles. The average Bonchev–Trinajstić information content (AvgIpc) is 2.28. The number of likely N-dealkylation sites (N-methyl/N-ethyl adjacent to an activating group) is 1. The van der Waals surface area contributed by atoms with E-state index in [0.29, 0.717) is 18.5 Å². The van der Waals surface area contributed by atoms with Crippen LogP contribution in [-0.2, 0) is 4.79 Å². The van der Waals surface area contributed by atoms with Gasteiger partial charge in [-0.05, 0) is 33.2 Å². The third kappa shape index (κ3) is 3.96. The summed E-state index contributed by atoms with van der Waals surface area (Å²) in [6.45, 7) is 8.96. The molecule has 100 valence electrons. The molecular formula is C13H27N3O. The number of piperidine rings is 1. The Morgan fingerprint density at radius 3 is 2.65 bits per heavy atom. The van der Waals surface area contributed by atoms with Crippen LogP contribution in [0.15, 0.2) is 0 Å². The fourth-order valence-electron chi connectivity index (χ4n) is 2.40. The Morgan fingerprint density at radius 1 is 1.53 bits per heavy atom. The Bertz CT molecular complexity index is 255. The van der Waals surface area contributed by atoms with Crippen molar-refractivity contribution in [3.63, 3.8) is 0 Å². The van der Waals surface area contributed by atoms with Gasteiger partial charge in [-0.3, -0.25) is 9.69 Å². The monoisotopic (exact) mass is 241 g/mol. The molecule has 4 heteroatoms. The van der Waals surface area contributed by atoms with Crippen LogP contribution < -0.4 is 5.32 Å². The van der Waals surface area contributed by atoms with Crippen LogP contribution in [0.2, 0.25) is 0 Å². The van der Waals surface area contributed by atoms with E-state index in [9.17, 15) is 4.79 Å². The van der Waals surface area contributed by atoms with Crippen molar-refractivity contribution in [1.82, 2.24) is 15.1 Å². The molecule has 1 heterocycles. The van der Waals surface area contributed by atoms with Gasteiger partial charge in [-0.1, -0.05) is 6.92 Å². The SMILES string of the molecule is CNC1CCN(CC(=O)N(C)C(C)C)CC1C. The summed E-state index contributed by atoms with van der Waals surface area (Å²) in [6, 6.07) is 0.888.